The molecular formula is C19H28N2O2. The van der Waals surface area contributed by atoms with Gasteiger partial charge in [0.15, 0.2) is 0 Å². The molecule has 4 nitrogen and oxygen atoms in total. The van der Waals surface area contributed by atoms with Gasteiger partial charge >= 0.3 is 0 Å². The van der Waals surface area contributed by atoms with Crippen LogP contribution in [0.25, 0.3) is 0 Å². The Balaban J connectivity index is 1.56. The number of carbonyl (C=O) groups is 1. The van der Waals surface area contributed by atoms with Crippen LogP contribution in [0.15, 0.2) is 24.3 Å². The standard InChI is InChI=1S/C19H28N2O2/c1-15-6-4-7-16(12-15)13-21-11-5-8-17(21)18(22)20-14-19(23)9-2-3-10-19/h4,6-7,12,17,23H,2-3,5,8-11,13-14H2,1H3,(H,20,22). The highest BCUT2D eigenvalue weighted by atomic mass is 16.3. The molecule has 0 aromatic heterocycles. The fraction of sp³-hybridized carbons (Fsp3) is 0.632. The van der Waals surface area contributed by atoms with E-state index in [2.05, 4.69) is 41.4 Å². The lowest BCUT2D eigenvalue weighted by Gasteiger charge is -2.27. The fourth-order valence-electron chi connectivity index (χ4n) is 3.94. The van der Waals surface area contributed by atoms with Crippen molar-refractivity contribution in [2.24, 2.45) is 0 Å². The predicted molar refractivity (Wildman–Crippen MR) is 91.0 cm³/mol. The Kier molecular flexibility index (Phi) is 5.02. The van der Waals surface area contributed by atoms with Crippen LogP contribution in [0.3, 0.4) is 0 Å². The van der Waals surface area contributed by atoms with E-state index in [9.17, 15) is 9.90 Å². The molecule has 1 atom stereocenters. The van der Waals surface area contributed by atoms with Crippen molar-refractivity contribution in [2.45, 2.75) is 63.6 Å². The number of aliphatic hydroxyl groups is 1. The first-order valence-corrected chi connectivity index (χ1v) is 8.85. The number of hydrogen-bond donors (Lipinski definition) is 2. The molecule has 1 amide bonds. The SMILES string of the molecule is Cc1cccc(CN2CCCC2C(=O)NCC2(O)CCCC2)c1. The van der Waals surface area contributed by atoms with Crippen LogP contribution < -0.4 is 5.32 Å². The second-order valence-electron chi connectivity index (χ2n) is 7.27. The van der Waals surface area contributed by atoms with E-state index in [4.69, 9.17) is 0 Å². The summed E-state index contributed by atoms with van der Waals surface area (Å²) in [5.41, 5.74) is 1.85. The zero-order valence-electron chi connectivity index (χ0n) is 14.1. The molecule has 2 fully saturated rings. The summed E-state index contributed by atoms with van der Waals surface area (Å²) in [5.74, 6) is 0.0791. The highest BCUT2D eigenvalue weighted by Gasteiger charge is 2.34. The molecule has 0 radical (unpaired) electrons. The maximum atomic E-state index is 12.5. The van der Waals surface area contributed by atoms with Gasteiger partial charge in [0.05, 0.1) is 11.6 Å². The lowest BCUT2D eigenvalue weighted by molar-refractivity contribution is -0.126. The van der Waals surface area contributed by atoms with Crippen molar-refractivity contribution >= 4 is 5.91 Å². The van der Waals surface area contributed by atoms with Crippen LogP contribution in [-0.4, -0.2) is 40.6 Å². The summed E-state index contributed by atoms with van der Waals surface area (Å²) in [4.78, 5) is 14.8. The second-order valence-corrected chi connectivity index (χ2v) is 7.27. The van der Waals surface area contributed by atoms with Crippen LogP contribution in [0, 0.1) is 6.92 Å². The van der Waals surface area contributed by atoms with Gasteiger partial charge in [0.1, 0.15) is 0 Å². The van der Waals surface area contributed by atoms with E-state index in [0.29, 0.717) is 6.54 Å². The largest absolute Gasteiger partial charge is 0.388 e. The molecule has 4 heteroatoms. The summed E-state index contributed by atoms with van der Waals surface area (Å²) in [5, 5.41) is 13.4. The van der Waals surface area contributed by atoms with Crippen molar-refractivity contribution in [3.63, 3.8) is 0 Å². The smallest absolute Gasteiger partial charge is 0.237 e. The lowest BCUT2D eigenvalue weighted by atomic mass is 10.0. The van der Waals surface area contributed by atoms with Crippen LogP contribution in [0.4, 0.5) is 0 Å². The number of amides is 1. The van der Waals surface area contributed by atoms with Gasteiger partial charge in [-0.3, -0.25) is 9.69 Å². The molecule has 1 aromatic rings. The highest BCUT2D eigenvalue weighted by Crippen LogP contribution is 2.29. The molecule has 23 heavy (non-hydrogen) atoms. The van der Waals surface area contributed by atoms with Gasteiger partial charge in [-0.2, -0.15) is 0 Å². The number of hydrogen-bond acceptors (Lipinski definition) is 3. The van der Waals surface area contributed by atoms with E-state index in [1.807, 2.05) is 0 Å². The van der Waals surface area contributed by atoms with Crippen molar-refractivity contribution in [1.82, 2.24) is 10.2 Å². The summed E-state index contributed by atoms with van der Waals surface area (Å²) in [6, 6.07) is 8.43. The van der Waals surface area contributed by atoms with E-state index in [1.54, 1.807) is 0 Å². The Morgan fingerprint density at radius 2 is 2.13 bits per heavy atom. The van der Waals surface area contributed by atoms with Crippen molar-refractivity contribution in [3.05, 3.63) is 35.4 Å². The van der Waals surface area contributed by atoms with Crippen LogP contribution in [0.5, 0.6) is 0 Å². The molecule has 1 saturated carbocycles. The van der Waals surface area contributed by atoms with E-state index in [1.165, 1.54) is 11.1 Å². The first kappa shape index (κ1) is 16.5. The Morgan fingerprint density at radius 3 is 2.87 bits per heavy atom. The third kappa shape index (κ3) is 4.12. The summed E-state index contributed by atoms with van der Waals surface area (Å²) < 4.78 is 0. The second kappa shape index (κ2) is 7.02. The highest BCUT2D eigenvalue weighted by molar-refractivity contribution is 5.82. The van der Waals surface area contributed by atoms with Crippen molar-refractivity contribution in [3.8, 4) is 0 Å². The normalized spacial score (nSPS) is 24.0. The Hall–Kier alpha value is -1.39. The van der Waals surface area contributed by atoms with Gasteiger partial charge in [0, 0.05) is 13.1 Å². The third-order valence-electron chi connectivity index (χ3n) is 5.26. The van der Waals surface area contributed by atoms with Crippen molar-refractivity contribution in [2.75, 3.05) is 13.1 Å². The molecular weight excluding hydrogens is 288 g/mol. The molecule has 126 valence electrons. The number of nitrogens with one attached hydrogen (secondary N) is 1. The van der Waals surface area contributed by atoms with Gasteiger partial charge < -0.3 is 10.4 Å². The fourth-order valence-corrected chi connectivity index (χ4v) is 3.94. The molecule has 1 aliphatic heterocycles. The number of aryl methyl sites for hydroxylation is 1. The van der Waals surface area contributed by atoms with Gasteiger partial charge in [-0.05, 0) is 44.7 Å². The molecule has 2 N–H and O–H groups in total. The number of benzene rings is 1. The monoisotopic (exact) mass is 316 g/mol. The van der Waals surface area contributed by atoms with E-state index >= 15 is 0 Å². The van der Waals surface area contributed by atoms with Crippen LogP contribution >= 0.6 is 0 Å². The first-order chi connectivity index (χ1) is 11.1. The average Bonchev–Trinajstić information content (AvgIpc) is 3.15. The molecule has 1 saturated heterocycles. The molecule has 2 aliphatic rings. The molecule has 1 aromatic carbocycles. The molecule has 0 spiro atoms. The molecule has 1 unspecified atom stereocenters. The number of likely N-dealkylation sites (tertiary alicyclic amines) is 1. The zero-order chi connectivity index (χ0) is 16.3. The zero-order valence-corrected chi connectivity index (χ0v) is 14.1. The topological polar surface area (TPSA) is 52.6 Å². The number of carbonyl (C=O) groups excluding carboxylic acids is 1. The maximum absolute atomic E-state index is 12.5. The quantitative estimate of drug-likeness (QED) is 0.877. The van der Waals surface area contributed by atoms with Gasteiger partial charge in [-0.1, -0.05) is 42.7 Å². The predicted octanol–water partition coefficient (Wildman–Crippen LogP) is 2.38. The Bertz CT molecular complexity index is 552. The van der Waals surface area contributed by atoms with Crippen LogP contribution in [0.1, 0.15) is 49.7 Å². The summed E-state index contributed by atoms with van der Waals surface area (Å²) in [6.07, 6.45) is 5.73. The Labute approximate surface area is 138 Å². The maximum Gasteiger partial charge on any atom is 0.237 e. The van der Waals surface area contributed by atoms with E-state index in [0.717, 1.165) is 51.6 Å². The molecule has 3 rings (SSSR count). The van der Waals surface area contributed by atoms with E-state index in [-0.39, 0.29) is 11.9 Å². The summed E-state index contributed by atoms with van der Waals surface area (Å²) in [6.45, 7) is 4.29. The van der Waals surface area contributed by atoms with Crippen molar-refractivity contribution < 1.29 is 9.90 Å². The summed E-state index contributed by atoms with van der Waals surface area (Å²) in [7, 11) is 0. The first-order valence-electron chi connectivity index (χ1n) is 8.85. The van der Waals surface area contributed by atoms with Crippen LogP contribution in [-0.2, 0) is 11.3 Å². The van der Waals surface area contributed by atoms with Crippen molar-refractivity contribution in [1.29, 1.82) is 0 Å². The van der Waals surface area contributed by atoms with E-state index < -0.39 is 5.60 Å². The molecule has 1 aliphatic carbocycles. The van der Waals surface area contributed by atoms with Crippen LogP contribution in [0.2, 0.25) is 0 Å². The van der Waals surface area contributed by atoms with Gasteiger partial charge in [0.25, 0.3) is 0 Å². The minimum atomic E-state index is -0.671. The minimum absolute atomic E-state index is 0.0551. The third-order valence-corrected chi connectivity index (χ3v) is 5.26. The molecule has 1 heterocycles. The Morgan fingerprint density at radius 1 is 1.35 bits per heavy atom. The number of rotatable bonds is 5. The van der Waals surface area contributed by atoms with Gasteiger partial charge in [-0.25, -0.2) is 0 Å². The summed E-state index contributed by atoms with van der Waals surface area (Å²) >= 11 is 0. The minimum Gasteiger partial charge on any atom is -0.388 e. The van der Waals surface area contributed by atoms with Gasteiger partial charge in [0.2, 0.25) is 5.91 Å². The lowest BCUT2D eigenvalue weighted by Crippen LogP contribution is -2.48. The molecule has 0 bridgehead atoms. The number of nitrogens with zero attached hydrogens (tertiary/aromatic N) is 1. The van der Waals surface area contributed by atoms with Gasteiger partial charge in [-0.15, -0.1) is 0 Å². The average molecular weight is 316 g/mol.